The molecule has 1 aromatic carbocycles. The molecular formula is C17H14ClF6N3OS. The van der Waals surface area contributed by atoms with E-state index in [0.29, 0.717) is 16.9 Å². The third-order valence-corrected chi connectivity index (χ3v) is 6.00. The predicted octanol–water partition coefficient (Wildman–Crippen LogP) is 5.27. The topological polar surface area (TPSA) is 38.1 Å². The van der Waals surface area contributed by atoms with Gasteiger partial charge in [-0.2, -0.15) is 22.7 Å². The van der Waals surface area contributed by atoms with Crippen molar-refractivity contribution in [1.29, 1.82) is 0 Å². The van der Waals surface area contributed by atoms with E-state index in [9.17, 15) is 31.1 Å². The average molecular weight is 458 g/mol. The van der Waals surface area contributed by atoms with Gasteiger partial charge < -0.3 is 4.90 Å². The third-order valence-electron chi connectivity index (χ3n) is 4.42. The number of thioether (sulfide) groups is 1. The fourth-order valence-corrected chi connectivity index (χ4v) is 3.94. The summed E-state index contributed by atoms with van der Waals surface area (Å²) < 4.78 is 81.5. The summed E-state index contributed by atoms with van der Waals surface area (Å²) in [7, 11) is 1.05. The molecule has 158 valence electrons. The summed E-state index contributed by atoms with van der Waals surface area (Å²) >= 11 is 7.08. The van der Waals surface area contributed by atoms with E-state index in [-0.39, 0.29) is 10.6 Å². The van der Waals surface area contributed by atoms with Crippen LogP contribution in [0.4, 0.5) is 26.3 Å². The van der Waals surface area contributed by atoms with Crippen molar-refractivity contribution in [2.24, 2.45) is 7.05 Å². The Hall–Kier alpha value is -1.88. The zero-order chi connectivity index (χ0) is 21.5. The molecule has 1 aromatic heterocycles. The van der Waals surface area contributed by atoms with Crippen LogP contribution >= 0.6 is 23.4 Å². The average Bonchev–Trinajstić information content (AvgIpc) is 2.86. The molecular weight excluding hydrogens is 444 g/mol. The van der Waals surface area contributed by atoms with Gasteiger partial charge in [0.1, 0.15) is 11.3 Å². The Bertz CT molecular complexity index is 929. The Labute approximate surface area is 170 Å². The first-order valence-corrected chi connectivity index (χ1v) is 9.72. The second kappa shape index (κ2) is 8.10. The first-order valence-electron chi connectivity index (χ1n) is 8.29. The van der Waals surface area contributed by atoms with Gasteiger partial charge in [-0.15, -0.1) is 11.8 Å². The maximum Gasteiger partial charge on any atom is 0.416 e. The highest BCUT2D eigenvalue weighted by Crippen LogP contribution is 2.38. The lowest BCUT2D eigenvalue weighted by molar-refractivity contribution is -0.138. The van der Waals surface area contributed by atoms with E-state index in [2.05, 4.69) is 5.10 Å². The molecule has 0 saturated carbocycles. The summed E-state index contributed by atoms with van der Waals surface area (Å²) in [4.78, 5) is 13.9. The van der Waals surface area contributed by atoms with Gasteiger partial charge in [-0.05, 0) is 35.9 Å². The molecule has 1 amide bonds. The zero-order valence-corrected chi connectivity index (χ0v) is 16.4. The molecule has 1 aliphatic heterocycles. The van der Waals surface area contributed by atoms with Crippen molar-refractivity contribution in [2.45, 2.75) is 30.9 Å². The van der Waals surface area contributed by atoms with Gasteiger partial charge in [-0.1, -0.05) is 11.6 Å². The Kier molecular flexibility index (Phi) is 6.09. The van der Waals surface area contributed by atoms with E-state index < -0.39 is 53.2 Å². The first kappa shape index (κ1) is 21.8. The number of aryl methyl sites for hydroxylation is 1. The number of amides is 1. The minimum absolute atomic E-state index is 0.0162. The quantitative estimate of drug-likeness (QED) is 0.574. The predicted molar refractivity (Wildman–Crippen MR) is 95.3 cm³/mol. The van der Waals surface area contributed by atoms with Crippen LogP contribution in [0.25, 0.3) is 0 Å². The summed E-state index contributed by atoms with van der Waals surface area (Å²) in [5, 5.41) is 2.77. The van der Waals surface area contributed by atoms with Crippen LogP contribution in [0.2, 0.25) is 5.02 Å². The van der Waals surface area contributed by atoms with Gasteiger partial charge in [0.2, 0.25) is 5.95 Å². The molecule has 12 heteroatoms. The number of carbonyl (C=O) groups excluding carboxylic acids is 1. The number of nitrogens with zero attached hydrogens (tertiary/aromatic N) is 3. The molecule has 0 N–H and O–H groups in total. The highest BCUT2D eigenvalue weighted by molar-refractivity contribution is 8.01. The second-order valence-electron chi connectivity index (χ2n) is 6.32. The number of halogens is 7. The lowest BCUT2D eigenvalue weighted by Crippen LogP contribution is -2.43. The van der Waals surface area contributed by atoms with Crippen molar-refractivity contribution in [3.05, 3.63) is 51.6 Å². The number of aromatic nitrogens is 2. The molecule has 1 saturated heterocycles. The van der Waals surface area contributed by atoms with Crippen LogP contribution < -0.4 is 0 Å². The molecule has 0 bridgehead atoms. The van der Waals surface area contributed by atoms with Gasteiger partial charge in [-0.3, -0.25) is 4.79 Å². The Balaban J connectivity index is 2.04. The molecule has 1 unspecified atom stereocenters. The second-order valence-corrected chi connectivity index (χ2v) is 8.04. The molecule has 2 aromatic rings. The molecule has 0 radical (unpaired) electrons. The van der Waals surface area contributed by atoms with E-state index in [1.165, 1.54) is 11.8 Å². The lowest BCUT2D eigenvalue weighted by Gasteiger charge is -2.37. The highest BCUT2D eigenvalue weighted by Gasteiger charge is 2.39. The number of rotatable bonds is 5. The number of alkyl halides is 5. The van der Waals surface area contributed by atoms with E-state index >= 15 is 0 Å². The van der Waals surface area contributed by atoms with E-state index in [4.69, 9.17) is 11.6 Å². The van der Waals surface area contributed by atoms with Gasteiger partial charge in [0.25, 0.3) is 12.3 Å². The normalized spacial score (nSPS) is 16.8. The van der Waals surface area contributed by atoms with Gasteiger partial charge in [0.15, 0.2) is 0 Å². The minimum Gasteiger partial charge on any atom is -0.322 e. The van der Waals surface area contributed by atoms with E-state index in [1.807, 2.05) is 0 Å². The maximum absolute atomic E-state index is 14.4. The Morgan fingerprint density at radius 2 is 2.07 bits per heavy atom. The van der Waals surface area contributed by atoms with Crippen LogP contribution in [0.15, 0.2) is 18.2 Å². The van der Waals surface area contributed by atoms with E-state index in [1.54, 1.807) is 0 Å². The van der Waals surface area contributed by atoms with Crippen LogP contribution in [0.3, 0.4) is 0 Å². The van der Waals surface area contributed by atoms with Crippen molar-refractivity contribution in [3.63, 3.8) is 0 Å². The van der Waals surface area contributed by atoms with E-state index in [0.717, 1.165) is 30.1 Å². The summed E-state index contributed by atoms with van der Waals surface area (Å²) in [6.45, 7) is -0.567. The van der Waals surface area contributed by atoms with Crippen molar-refractivity contribution >= 4 is 29.3 Å². The molecule has 0 aliphatic carbocycles. The summed E-state index contributed by atoms with van der Waals surface area (Å²) in [6, 6.07) is 2.90. The molecule has 4 nitrogen and oxygen atoms in total. The fourth-order valence-electron chi connectivity index (χ4n) is 2.94. The molecule has 3 rings (SSSR count). The van der Waals surface area contributed by atoms with Crippen LogP contribution in [-0.2, 0) is 19.8 Å². The number of hydrogen-bond donors (Lipinski definition) is 0. The van der Waals surface area contributed by atoms with Crippen molar-refractivity contribution in [2.75, 3.05) is 5.75 Å². The zero-order valence-electron chi connectivity index (χ0n) is 14.8. The smallest absolute Gasteiger partial charge is 0.322 e. The number of carbonyl (C=O) groups is 1. The summed E-state index contributed by atoms with van der Waals surface area (Å²) in [5.41, 5.74) is -3.31. The van der Waals surface area contributed by atoms with Crippen molar-refractivity contribution in [1.82, 2.24) is 14.7 Å². The van der Waals surface area contributed by atoms with Crippen molar-refractivity contribution in [3.8, 4) is 0 Å². The van der Waals surface area contributed by atoms with Gasteiger partial charge in [-0.25, -0.2) is 13.5 Å². The van der Waals surface area contributed by atoms with Gasteiger partial charge >= 0.3 is 6.18 Å². The fraction of sp³-hybridized carbons (Fsp3) is 0.412. The maximum atomic E-state index is 14.4. The van der Waals surface area contributed by atoms with Crippen LogP contribution in [0, 0.1) is 5.95 Å². The third kappa shape index (κ3) is 4.35. The monoisotopic (exact) mass is 457 g/mol. The first-order chi connectivity index (χ1) is 13.5. The lowest BCUT2D eigenvalue weighted by atomic mass is 10.1. The van der Waals surface area contributed by atoms with Crippen LogP contribution in [0.5, 0.6) is 0 Å². The Morgan fingerprint density at radius 1 is 1.41 bits per heavy atom. The highest BCUT2D eigenvalue weighted by atomic mass is 35.5. The van der Waals surface area contributed by atoms with Crippen LogP contribution in [0.1, 0.15) is 40.0 Å². The SMILES string of the molecule is Cn1nc(C(F)F)c(C(=O)N(Cc2cc(Cl)ccc2C(F)(F)F)C2CCS2)c1F. The van der Waals surface area contributed by atoms with Crippen LogP contribution in [-0.4, -0.2) is 31.7 Å². The largest absolute Gasteiger partial charge is 0.416 e. The standard InChI is InChI=1S/C17H14ClF6N3OS/c1-26-15(21)12(13(25-26)14(19)20)16(28)27(11-4-5-29-11)7-8-6-9(18)2-3-10(8)17(22,23)24/h2-3,6,11,14H,4-5,7H2,1H3. The summed E-state index contributed by atoms with van der Waals surface area (Å²) in [5.74, 6) is -1.79. The molecule has 1 aliphatic rings. The van der Waals surface area contributed by atoms with Gasteiger partial charge in [0, 0.05) is 18.6 Å². The molecule has 1 atom stereocenters. The number of hydrogen-bond acceptors (Lipinski definition) is 3. The molecule has 0 spiro atoms. The molecule has 2 heterocycles. The molecule has 29 heavy (non-hydrogen) atoms. The Morgan fingerprint density at radius 3 is 2.59 bits per heavy atom. The summed E-state index contributed by atoms with van der Waals surface area (Å²) in [6.07, 6.45) is -7.50. The minimum atomic E-state index is -4.71. The van der Waals surface area contributed by atoms with Crippen molar-refractivity contribution < 1.29 is 31.1 Å². The number of benzene rings is 1. The molecule has 1 fully saturated rings. The van der Waals surface area contributed by atoms with Gasteiger partial charge in [0.05, 0.1) is 10.9 Å².